The number of carbonyl (C=O) groups excluding carboxylic acids is 1. The lowest BCUT2D eigenvalue weighted by Gasteiger charge is -2.28. The molecule has 1 aromatic heterocycles. The molecule has 1 aliphatic heterocycles. The van der Waals surface area contributed by atoms with Crippen LogP contribution in [0.4, 0.5) is 5.82 Å². The first-order chi connectivity index (χ1) is 11.4. The summed E-state index contributed by atoms with van der Waals surface area (Å²) in [5, 5.41) is 3.09. The second-order valence-corrected chi connectivity index (χ2v) is 6.82. The highest BCUT2D eigenvalue weighted by Gasteiger charge is 2.24. The molecule has 2 aromatic rings. The van der Waals surface area contributed by atoms with E-state index in [1.807, 2.05) is 44.0 Å². The minimum atomic E-state index is -0.355. The van der Waals surface area contributed by atoms with Crippen LogP contribution < -0.4 is 15.0 Å². The van der Waals surface area contributed by atoms with Crippen molar-refractivity contribution in [2.24, 2.45) is 0 Å². The molecular formula is C19H23N3O2. The summed E-state index contributed by atoms with van der Waals surface area (Å²) >= 11 is 0. The highest BCUT2D eigenvalue weighted by atomic mass is 16.5. The molecule has 1 aromatic carbocycles. The number of nitrogens with zero attached hydrogens (tertiary/aromatic N) is 2. The van der Waals surface area contributed by atoms with Gasteiger partial charge in [-0.15, -0.1) is 0 Å². The molecule has 0 bridgehead atoms. The van der Waals surface area contributed by atoms with Gasteiger partial charge in [0.2, 0.25) is 0 Å². The third-order valence-corrected chi connectivity index (χ3v) is 4.08. The Kier molecular flexibility index (Phi) is 4.42. The lowest BCUT2D eigenvalue weighted by atomic mass is 9.94. The number of rotatable bonds is 4. The Hall–Kier alpha value is -2.56. The molecule has 0 radical (unpaired) electrons. The minimum Gasteiger partial charge on any atom is -0.488 e. The van der Waals surface area contributed by atoms with Gasteiger partial charge in [-0.1, -0.05) is 30.3 Å². The van der Waals surface area contributed by atoms with E-state index in [0.29, 0.717) is 17.9 Å². The van der Waals surface area contributed by atoms with Gasteiger partial charge in [0.15, 0.2) is 11.6 Å². The second kappa shape index (κ2) is 6.51. The maximum atomic E-state index is 12.6. The predicted molar refractivity (Wildman–Crippen MR) is 94.7 cm³/mol. The molecule has 0 fully saturated rings. The van der Waals surface area contributed by atoms with Crippen molar-refractivity contribution in [3.8, 4) is 5.75 Å². The third-order valence-electron chi connectivity index (χ3n) is 4.08. The fraction of sp³-hybridized carbons (Fsp3) is 0.368. The van der Waals surface area contributed by atoms with Crippen molar-refractivity contribution in [1.82, 2.24) is 10.3 Å². The van der Waals surface area contributed by atoms with E-state index in [2.05, 4.69) is 22.4 Å². The lowest BCUT2D eigenvalue weighted by Crippen LogP contribution is -2.45. The molecule has 0 saturated heterocycles. The van der Waals surface area contributed by atoms with E-state index in [1.54, 1.807) is 12.3 Å². The normalized spacial score (nSPS) is 13.9. The van der Waals surface area contributed by atoms with E-state index in [-0.39, 0.29) is 11.4 Å². The molecule has 0 aliphatic carbocycles. The Morgan fingerprint density at radius 2 is 2.08 bits per heavy atom. The van der Waals surface area contributed by atoms with Gasteiger partial charge in [0, 0.05) is 18.8 Å². The summed E-state index contributed by atoms with van der Waals surface area (Å²) in [6.07, 6.45) is 2.37. The van der Waals surface area contributed by atoms with Gasteiger partial charge >= 0.3 is 0 Å². The summed E-state index contributed by atoms with van der Waals surface area (Å²) in [7, 11) is 1.97. The van der Waals surface area contributed by atoms with E-state index in [4.69, 9.17) is 4.74 Å². The Labute approximate surface area is 142 Å². The fourth-order valence-corrected chi connectivity index (χ4v) is 2.88. The van der Waals surface area contributed by atoms with Crippen LogP contribution in [0.3, 0.4) is 0 Å². The highest BCUT2D eigenvalue weighted by Crippen LogP contribution is 2.29. The Morgan fingerprint density at radius 1 is 1.33 bits per heavy atom. The minimum absolute atomic E-state index is 0.136. The summed E-state index contributed by atoms with van der Waals surface area (Å²) in [5.74, 6) is 1.31. The number of carbonyl (C=O) groups is 1. The average molecular weight is 325 g/mol. The molecule has 5 nitrogen and oxygen atoms in total. The molecule has 0 unspecified atom stereocenters. The summed E-state index contributed by atoms with van der Waals surface area (Å²) in [6, 6.07) is 11.9. The zero-order valence-electron chi connectivity index (χ0n) is 14.4. The van der Waals surface area contributed by atoms with Crippen LogP contribution in [-0.4, -0.2) is 36.6 Å². The van der Waals surface area contributed by atoms with Crippen molar-refractivity contribution >= 4 is 11.7 Å². The molecular weight excluding hydrogens is 302 g/mol. The number of fused-ring (bicyclic) bond motifs is 1. The van der Waals surface area contributed by atoms with Crippen LogP contribution in [0.1, 0.15) is 29.8 Å². The smallest absolute Gasteiger partial charge is 0.253 e. The summed E-state index contributed by atoms with van der Waals surface area (Å²) in [4.78, 5) is 19.0. The van der Waals surface area contributed by atoms with Crippen LogP contribution in [-0.2, 0) is 6.42 Å². The van der Waals surface area contributed by atoms with Gasteiger partial charge in [0.1, 0.15) is 6.61 Å². The first kappa shape index (κ1) is 16.3. The van der Waals surface area contributed by atoms with Gasteiger partial charge in [0.25, 0.3) is 5.91 Å². The van der Waals surface area contributed by atoms with Crippen LogP contribution in [0, 0.1) is 0 Å². The van der Waals surface area contributed by atoms with Crippen LogP contribution in [0.25, 0.3) is 0 Å². The molecule has 24 heavy (non-hydrogen) atoms. The zero-order chi connectivity index (χ0) is 17.2. The van der Waals surface area contributed by atoms with Crippen molar-refractivity contribution in [1.29, 1.82) is 0 Å². The number of hydrogen-bond acceptors (Lipinski definition) is 4. The number of pyridine rings is 1. The quantitative estimate of drug-likeness (QED) is 0.939. The van der Waals surface area contributed by atoms with Crippen molar-refractivity contribution in [2.45, 2.75) is 25.8 Å². The van der Waals surface area contributed by atoms with Crippen LogP contribution >= 0.6 is 0 Å². The fourth-order valence-electron chi connectivity index (χ4n) is 2.88. The number of aromatic nitrogens is 1. The number of likely N-dealkylation sites (N-methyl/N-ethyl adjacent to an activating group) is 1. The Balaban J connectivity index is 1.72. The molecule has 5 heteroatoms. The maximum absolute atomic E-state index is 12.6. The van der Waals surface area contributed by atoms with Crippen molar-refractivity contribution in [3.63, 3.8) is 0 Å². The van der Waals surface area contributed by atoms with Gasteiger partial charge < -0.3 is 15.0 Å². The standard InChI is InChI=1S/C19H23N3O2/c1-19(2,12-14-7-5-4-6-8-14)21-18(23)15-11-16-17(20-13-15)22(3)9-10-24-16/h4-8,11,13H,9-10,12H2,1-3H3,(H,21,23). The molecule has 0 atom stereocenters. The SMILES string of the molecule is CN1CCOc2cc(C(=O)NC(C)(C)Cc3ccccc3)cnc21. The van der Waals surface area contributed by atoms with E-state index in [0.717, 1.165) is 18.8 Å². The Bertz CT molecular complexity index is 729. The van der Waals surface area contributed by atoms with E-state index in [9.17, 15) is 4.79 Å². The van der Waals surface area contributed by atoms with Gasteiger partial charge in [0.05, 0.1) is 12.1 Å². The van der Waals surface area contributed by atoms with Crippen LogP contribution in [0.5, 0.6) is 5.75 Å². The zero-order valence-corrected chi connectivity index (χ0v) is 14.4. The van der Waals surface area contributed by atoms with E-state index < -0.39 is 0 Å². The largest absolute Gasteiger partial charge is 0.488 e. The van der Waals surface area contributed by atoms with E-state index in [1.165, 1.54) is 5.56 Å². The number of nitrogens with one attached hydrogen (secondary N) is 1. The van der Waals surface area contributed by atoms with Gasteiger partial charge in [-0.3, -0.25) is 4.79 Å². The molecule has 1 aliphatic rings. The Morgan fingerprint density at radius 3 is 2.83 bits per heavy atom. The molecule has 0 spiro atoms. The topological polar surface area (TPSA) is 54.5 Å². The third kappa shape index (κ3) is 3.67. The number of anilines is 1. The van der Waals surface area contributed by atoms with Gasteiger partial charge in [-0.25, -0.2) is 4.98 Å². The number of benzene rings is 1. The van der Waals surface area contributed by atoms with E-state index >= 15 is 0 Å². The average Bonchev–Trinajstić information content (AvgIpc) is 2.54. The van der Waals surface area contributed by atoms with Gasteiger partial charge in [-0.2, -0.15) is 0 Å². The van der Waals surface area contributed by atoms with Crippen molar-refractivity contribution in [2.75, 3.05) is 25.1 Å². The summed E-state index contributed by atoms with van der Waals surface area (Å²) in [6.45, 7) is 5.45. The first-order valence-electron chi connectivity index (χ1n) is 8.15. The number of amides is 1. The number of hydrogen-bond donors (Lipinski definition) is 1. The molecule has 0 saturated carbocycles. The lowest BCUT2D eigenvalue weighted by molar-refractivity contribution is 0.0912. The van der Waals surface area contributed by atoms with Gasteiger partial charge in [-0.05, 0) is 31.9 Å². The molecule has 3 rings (SSSR count). The van der Waals surface area contributed by atoms with Crippen LogP contribution in [0.15, 0.2) is 42.6 Å². The molecule has 1 amide bonds. The molecule has 1 N–H and O–H groups in total. The van der Waals surface area contributed by atoms with Crippen molar-refractivity contribution in [3.05, 3.63) is 53.7 Å². The van der Waals surface area contributed by atoms with Crippen molar-refractivity contribution < 1.29 is 9.53 Å². The monoisotopic (exact) mass is 325 g/mol. The molecule has 126 valence electrons. The summed E-state index contributed by atoms with van der Waals surface area (Å²) in [5.41, 5.74) is 1.35. The number of ether oxygens (including phenoxy) is 1. The summed E-state index contributed by atoms with van der Waals surface area (Å²) < 4.78 is 5.63. The predicted octanol–water partition coefficient (Wildman–Crippen LogP) is 2.66. The van der Waals surface area contributed by atoms with Crippen LogP contribution in [0.2, 0.25) is 0 Å². The highest BCUT2D eigenvalue weighted by molar-refractivity contribution is 5.95. The first-order valence-corrected chi connectivity index (χ1v) is 8.15. The molecule has 2 heterocycles. The maximum Gasteiger partial charge on any atom is 0.253 e. The second-order valence-electron chi connectivity index (χ2n) is 6.82.